The highest BCUT2D eigenvalue weighted by atomic mass is 32.2. The SMILES string of the molecule is Cc1cc(C)c(S(=O)(=O)N2CCCC2C(=O)Nc2ccc(-c3nnnn3C3CC3)cc2)c(C)c1. The van der Waals surface area contributed by atoms with Gasteiger partial charge in [0.1, 0.15) is 6.04 Å². The number of aromatic nitrogens is 4. The molecule has 3 aromatic rings. The normalized spacial score (nSPS) is 18.9. The molecule has 0 bridgehead atoms. The van der Waals surface area contributed by atoms with E-state index in [1.54, 1.807) is 26.0 Å². The first-order valence-corrected chi connectivity index (χ1v) is 13.0. The topological polar surface area (TPSA) is 110 Å². The van der Waals surface area contributed by atoms with Crippen LogP contribution in [0, 0.1) is 20.8 Å². The predicted octanol–water partition coefficient (Wildman–Crippen LogP) is 3.39. The Bertz CT molecular complexity index is 1320. The molecule has 2 aliphatic rings. The molecule has 1 aromatic heterocycles. The molecule has 0 radical (unpaired) electrons. The maximum absolute atomic E-state index is 13.5. The van der Waals surface area contributed by atoms with Gasteiger partial charge in [0.25, 0.3) is 0 Å². The Labute approximate surface area is 199 Å². The summed E-state index contributed by atoms with van der Waals surface area (Å²) in [5.74, 6) is 0.385. The fraction of sp³-hybridized carbons (Fsp3) is 0.417. The lowest BCUT2D eigenvalue weighted by Gasteiger charge is -2.25. The Morgan fingerprint density at radius 3 is 2.35 bits per heavy atom. The van der Waals surface area contributed by atoms with Crippen LogP contribution in [-0.2, 0) is 14.8 Å². The summed E-state index contributed by atoms with van der Waals surface area (Å²) >= 11 is 0. The second kappa shape index (κ2) is 8.59. The smallest absolute Gasteiger partial charge is 0.244 e. The first-order chi connectivity index (χ1) is 16.3. The van der Waals surface area contributed by atoms with Crippen LogP contribution < -0.4 is 5.32 Å². The van der Waals surface area contributed by atoms with Crippen LogP contribution >= 0.6 is 0 Å². The molecule has 1 unspecified atom stereocenters. The minimum Gasteiger partial charge on any atom is -0.325 e. The number of hydrogen-bond acceptors (Lipinski definition) is 6. The van der Waals surface area contributed by atoms with E-state index in [1.165, 1.54) is 4.31 Å². The summed E-state index contributed by atoms with van der Waals surface area (Å²) in [5, 5.41) is 14.9. The Hall–Kier alpha value is -3.11. The van der Waals surface area contributed by atoms with E-state index in [1.807, 2.05) is 35.9 Å². The lowest BCUT2D eigenvalue weighted by molar-refractivity contribution is -0.119. The number of rotatable bonds is 6. The number of carbonyl (C=O) groups is 1. The molecule has 10 heteroatoms. The zero-order valence-corrected chi connectivity index (χ0v) is 20.3. The van der Waals surface area contributed by atoms with Crippen LogP contribution in [0.25, 0.3) is 11.4 Å². The first kappa shape index (κ1) is 22.7. The third kappa shape index (κ3) is 4.12. The van der Waals surface area contributed by atoms with Crippen LogP contribution in [-0.4, -0.2) is 51.4 Å². The number of aryl methyl sites for hydroxylation is 3. The van der Waals surface area contributed by atoms with E-state index in [-0.39, 0.29) is 5.91 Å². The van der Waals surface area contributed by atoms with Crippen molar-refractivity contribution < 1.29 is 13.2 Å². The Morgan fingerprint density at radius 1 is 1.03 bits per heavy atom. The van der Waals surface area contributed by atoms with E-state index >= 15 is 0 Å². The van der Waals surface area contributed by atoms with Gasteiger partial charge >= 0.3 is 0 Å². The van der Waals surface area contributed by atoms with E-state index in [9.17, 15) is 13.2 Å². The van der Waals surface area contributed by atoms with Gasteiger partial charge in [0.15, 0.2) is 5.82 Å². The summed E-state index contributed by atoms with van der Waals surface area (Å²) in [6.45, 7) is 5.88. The number of benzene rings is 2. The van der Waals surface area contributed by atoms with Gasteiger partial charge in [-0.05, 0) is 92.3 Å². The molecule has 1 atom stereocenters. The standard InChI is InChI=1S/C24H28N6O3S/c1-15-13-16(2)22(17(3)14-15)34(32,33)29-12-4-5-21(29)24(31)25-19-8-6-18(7-9-19)23-26-27-28-30(23)20-10-11-20/h6-9,13-14,20-21H,4-5,10-12H2,1-3H3,(H,25,31). The summed E-state index contributed by atoms with van der Waals surface area (Å²) in [6.07, 6.45) is 3.29. The molecule has 1 amide bonds. The Morgan fingerprint density at radius 2 is 1.71 bits per heavy atom. The number of nitrogens with one attached hydrogen (secondary N) is 1. The van der Waals surface area contributed by atoms with Crippen LogP contribution in [0.1, 0.15) is 48.4 Å². The summed E-state index contributed by atoms with van der Waals surface area (Å²) in [7, 11) is -3.80. The number of carbonyl (C=O) groups excluding carboxylic acids is 1. The highest BCUT2D eigenvalue weighted by Gasteiger charge is 2.40. The van der Waals surface area contributed by atoms with Gasteiger partial charge in [0.2, 0.25) is 15.9 Å². The predicted molar refractivity (Wildman–Crippen MR) is 128 cm³/mol. The van der Waals surface area contributed by atoms with Crippen molar-refractivity contribution in [1.82, 2.24) is 24.5 Å². The minimum absolute atomic E-state index is 0.301. The summed E-state index contributed by atoms with van der Waals surface area (Å²) in [6, 6.07) is 10.7. The number of anilines is 1. The van der Waals surface area contributed by atoms with Crippen molar-refractivity contribution >= 4 is 21.6 Å². The third-order valence-corrected chi connectivity index (χ3v) is 8.69. The van der Waals surface area contributed by atoms with Gasteiger partial charge in [-0.2, -0.15) is 4.31 Å². The van der Waals surface area contributed by atoms with Crippen LogP contribution in [0.5, 0.6) is 0 Å². The quantitative estimate of drug-likeness (QED) is 0.579. The van der Waals surface area contributed by atoms with Crippen molar-refractivity contribution in [2.75, 3.05) is 11.9 Å². The number of amides is 1. The van der Waals surface area contributed by atoms with Crippen molar-refractivity contribution in [3.63, 3.8) is 0 Å². The van der Waals surface area contributed by atoms with Crippen molar-refractivity contribution in [3.8, 4) is 11.4 Å². The van der Waals surface area contributed by atoms with Crippen LogP contribution in [0.15, 0.2) is 41.3 Å². The second-order valence-electron chi connectivity index (χ2n) is 9.25. The highest BCUT2D eigenvalue weighted by molar-refractivity contribution is 7.89. The molecule has 5 rings (SSSR count). The molecule has 1 saturated heterocycles. The van der Waals surface area contributed by atoms with Gasteiger partial charge in [-0.1, -0.05) is 17.7 Å². The molecule has 2 fully saturated rings. The number of tetrazole rings is 1. The molecule has 1 aliphatic heterocycles. The third-order valence-electron chi connectivity index (χ3n) is 6.47. The van der Waals surface area contributed by atoms with E-state index in [0.29, 0.717) is 53.0 Å². The van der Waals surface area contributed by atoms with Gasteiger partial charge in [0.05, 0.1) is 10.9 Å². The average molecular weight is 481 g/mol. The fourth-order valence-electron chi connectivity index (χ4n) is 4.86. The number of hydrogen-bond donors (Lipinski definition) is 1. The largest absolute Gasteiger partial charge is 0.325 e. The van der Waals surface area contributed by atoms with Gasteiger partial charge < -0.3 is 5.32 Å². The van der Waals surface area contributed by atoms with Gasteiger partial charge in [-0.25, -0.2) is 13.1 Å². The van der Waals surface area contributed by atoms with E-state index in [2.05, 4.69) is 20.8 Å². The van der Waals surface area contributed by atoms with Crippen molar-refractivity contribution in [1.29, 1.82) is 0 Å². The van der Waals surface area contributed by atoms with Gasteiger partial charge in [0, 0.05) is 17.8 Å². The zero-order chi connectivity index (χ0) is 24.0. The molecule has 9 nitrogen and oxygen atoms in total. The average Bonchev–Trinajstić information content (AvgIpc) is 3.29. The summed E-state index contributed by atoms with van der Waals surface area (Å²) < 4.78 is 30.3. The molecule has 2 aromatic carbocycles. The molecule has 1 N–H and O–H groups in total. The fourth-order valence-corrected chi connectivity index (χ4v) is 6.93. The molecule has 34 heavy (non-hydrogen) atoms. The van der Waals surface area contributed by atoms with E-state index in [0.717, 1.165) is 24.0 Å². The van der Waals surface area contributed by atoms with Gasteiger partial charge in [-0.15, -0.1) is 5.10 Å². The molecule has 178 valence electrons. The van der Waals surface area contributed by atoms with Gasteiger partial charge in [-0.3, -0.25) is 4.79 Å². The van der Waals surface area contributed by atoms with Crippen molar-refractivity contribution in [2.24, 2.45) is 0 Å². The second-order valence-corrected chi connectivity index (χ2v) is 11.1. The van der Waals surface area contributed by atoms with Crippen LogP contribution in [0.4, 0.5) is 5.69 Å². The van der Waals surface area contributed by atoms with Crippen LogP contribution in [0.2, 0.25) is 0 Å². The summed E-state index contributed by atoms with van der Waals surface area (Å²) in [5.41, 5.74) is 3.89. The summed E-state index contributed by atoms with van der Waals surface area (Å²) in [4.78, 5) is 13.4. The maximum Gasteiger partial charge on any atom is 0.244 e. The lowest BCUT2D eigenvalue weighted by Crippen LogP contribution is -2.43. The molecule has 2 heterocycles. The van der Waals surface area contributed by atoms with Crippen molar-refractivity contribution in [3.05, 3.63) is 53.1 Å². The minimum atomic E-state index is -3.80. The number of sulfonamides is 1. The maximum atomic E-state index is 13.5. The number of nitrogens with zero attached hydrogens (tertiary/aromatic N) is 5. The van der Waals surface area contributed by atoms with E-state index < -0.39 is 16.1 Å². The van der Waals surface area contributed by atoms with Crippen molar-refractivity contribution in [2.45, 2.75) is 63.4 Å². The molecular weight excluding hydrogens is 452 g/mol. The monoisotopic (exact) mass is 480 g/mol. The zero-order valence-electron chi connectivity index (χ0n) is 19.5. The van der Waals surface area contributed by atoms with Crippen LogP contribution in [0.3, 0.4) is 0 Å². The molecular formula is C24H28N6O3S. The van der Waals surface area contributed by atoms with E-state index in [4.69, 9.17) is 0 Å². The molecule has 0 spiro atoms. The highest BCUT2D eigenvalue weighted by Crippen LogP contribution is 2.37. The Balaban J connectivity index is 1.34. The molecule has 1 aliphatic carbocycles. The lowest BCUT2D eigenvalue weighted by atomic mass is 10.1. The first-order valence-electron chi connectivity index (χ1n) is 11.5. The molecule has 1 saturated carbocycles. The Kier molecular flexibility index (Phi) is 5.73.